The Balaban J connectivity index is 2.68. The largest absolute Gasteiger partial charge is 0.323 e. The first-order valence-corrected chi connectivity index (χ1v) is 5.54. The molecular formula is C12H19N3O. The van der Waals surface area contributed by atoms with Gasteiger partial charge >= 0.3 is 0 Å². The third kappa shape index (κ3) is 3.03. The van der Waals surface area contributed by atoms with E-state index in [1.807, 2.05) is 26.8 Å². The minimum absolute atomic E-state index is 0.148. The van der Waals surface area contributed by atoms with Crippen LogP contribution in [-0.2, 0) is 4.79 Å². The first-order chi connectivity index (χ1) is 7.56. The number of pyridine rings is 1. The van der Waals surface area contributed by atoms with Crippen LogP contribution in [0.2, 0.25) is 0 Å². The van der Waals surface area contributed by atoms with E-state index >= 15 is 0 Å². The van der Waals surface area contributed by atoms with E-state index in [2.05, 4.69) is 10.3 Å². The van der Waals surface area contributed by atoms with Gasteiger partial charge in [-0.05, 0) is 25.0 Å². The molecular weight excluding hydrogens is 202 g/mol. The van der Waals surface area contributed by atoms with E-state index in [0.717, 1.165) is 17.8 Å². The molecule has 0 saturated heterocycles. The van der Waals surface area contributed by atoms with Crippen molar-refractivity contribution in [2.75, 3.05) is 5.32 Å². The molecule has 0 saturated carbocycles. The van der Waals surface area contributed by atoms with E-state index in [0.29, 0.717) is 0 Å². The number of aryl methyl sites for hydroxylation is 1. The number of amides is 1. The van der Waals surface area contributed by atoms with Crippen molar-refractivity contribution in [1.29, 1.82) is 0 Å². The maximum atomic E-state index is 11.8. The van der Waals surface area contributed by atoms with E-state index in [-0.39, 0.29) is 11.8 Å². The Morgan fingerprint density at radius 1 is 1.62 bits per heavy atom. The predicted molar refractivity (Wildman–Crippen MR) is 65.0 cm³/mol. The summed E-state index contributed by atoms with van der Waals surface area (Å²) in [6.45, 7) is 5.85. The van der Waals surface area contributed by atoms with E-state index < -0.39 is 6.04 Å². The number of hydrogen-bond acceptors (Lipinski definition) is 3. The highest BCUT2D eigenvalue weighted by atomic mass is 16.2. The number of aromatic nitrogens is 1. The third-order valence-corrected chi connectivity index (χ3v) is 2.82. The normalized spacial score (nSPS) is 14.2. The van der Waals surface area contributed by atoms with Crippen molar-refractivity contribution in [3.63, 3.8) is 0 Å². The molecule has 0 aliphatic rings. The molecule has 1 aromatic heterocycles. The van der Waals surface area contributed by atoms with Crippen LogP contribution in [0.5, 0.6) is 0 Å². The Kier molecular flexibility index (Phi) is 4.43. The monoisotopic (exact) mass is 221 g/mol. The maximum absolute atomic E-state index is 11.8. The Labute approximate surface area is 96.3 Å². The van der Waals surface area contributed by atoms with Crippen LogP contribution in [0.4, 0.5) is 5.69 Å². The van der Waals surface area contributed by atoms with Crippen LogP contribution in [0.25, 0.3) is 0 Å². The van der Waals surface area contributed by atoms with Crippen LogP contribution in [-0.4, -0.2) is 16.9 Å². The Morgan fingerprint density at radius 3 is 2.88 bits per heavy atom. The molecule has 4 heteroatoms. The zero-order valence-corrected chi connectivity index (χ0v) is 10.0. The maximum Gasteiger partial charge on any atom is 0.241 e. The van der Waals surface area contributed by atoms with Gasteiger partial charge in [-0.15, -0.1) is 0 Å². The molecule has 0 radical (unpaired) electrons. The number of hydrogen-bond donors (Lipinski definition) is 2. The number of anilines is 1. The molecule has 0 bridgehead atoms. The summed E-state index contributed by atoms with van der Waals surface area (Å²) >= 11 is 0. The van der Waals surface area contributed by atoms with E-state index in [9.17, 15) is 4.79 Å². The van der Waals surface area contributed by atoms with Crippen molar-refractivity contribution in [3.05, 3.63) is 24.0 Å². The van der Waals surface area contributed by atoms with Crippen LogP contribution in [0.15, 0.2) is 18.3 Å². The molecule has 1 rings (SSSR count). The SMILES string of the molecule is CC[C@H](C)[C@H](N)C(=O)Nc1cccnc1C. The first-order valence-electron chi connectivity index (χ1n) is 5.54. The standard InChI is InChI=1S/C12H19N3O/c1-4-8(2)11(13)12(16)15-10-6-5-7-14-9(10)3/h5-8,11H,4,13H2,1-3H3,(H,15,16)/t8-,11-/m0/s1. The zero-order valence-electron chi connectivity index (χ0n) is 10.0. The first kappa shape index (κ1) is 12.6. The fourth-order valence-electron chi connectivity index (χ4n) is 1.34. The minimum Gasteiger partial charge on any atom is -0.323 e. The predicted octanol–water partition coefficient (Wildman–Crippen LogP) is 1.70. The molecule has 2 atom stereocenters. The lowest BCUT2D eigenvalue weighted by Gasteiger charge is -2.18. The summed E-state index contributed by atoms with van der Waals surface area (Å²) < 4.78 is 0. The summed E-state index contributed by atoms with van der Waals surface area (Å²) in [5.41, 5.74) is 7.36. The number of carbonyl (C=O) groups is 1. The molecule has 0 unspecified atom stereocenters. The van der Waals surface area contributed by atoms with Crippen LogP contribution >= 0.6 is 0 Å². The van der Waals surface area contributed by atoms with Crippen molar-refractivity contribution < 1.29 is 4.79 Å². The van der Waals surface area contributed by atoms with Crippen LogP contribution in [0, 0.1) is 12.8 Å². The molecule has 88 valence electrons. The zero-order chi connectivity index (χ0) is 12.1. The lowest BCUT2D eigenvalue weighted by atomic mass is 9.99. The molecule has 0 fully saturated rings. The molecule has 0 aliphatic carbocycles. The number of carbonyl (C=O) groups excluding carboxylic acids is 1. The second kappa shape index (κ2) is 5.61. The van der Waals surface area contributed by atoms with Gasteiger partial charge in [-0.2, -0.15) is 0 Å². The van der Waals surface area contributed by atoms with E-state index in [1.54, 1.807) is 12.3 Å². The number of nitrogens with zero attached hydrogens (tertiary/aromatic N) is 1. The Hall–Kier alpha value is -1.42. The van der Waals surface area contributed by atoms with Crippen LogP contribution in [0.3, 0.4) is 0 Å². The Bertz CT molecular complexity index is 365. The van der Waals surface area contributed by atoms with Gasteiger partial charge in [-0.25, -0.2) is 0 Å². The molecule has 1 aromatic rings. The number of nitrogens with one attached hydrogen (secondary N) is 1. The van der Waals surface area contributed by atoms with Crippen molar-refractivity contribution in [2.24, 2.45) is 11.7 Å². The molecule has 4 nitrogen and oxygen atoms in total. The Morgan fingerprint density at radius 2 is 2.31 bits per heavy atom. The van der Waals surface area contributed by atoms with Crippen molar-refractivity contribution in [2.45, 2.75) is 33.2 Å². The molecule has 1 heterocycles. The summed E-state index contributed by atoms with van der Waals surface area (Å²) in [4.78, 5) is 15.9. The number of nitrogens with two attached hydrogens (primary N) is 1. The van der Waals surface area contributed by atoms with Gasteiger partial charge in [0.15, 0.2) is 0 Å². The fourth-order valence-corrected chi connectivity index (χ4v) is 1.34. The van der Waals surface area contributed by atoms with Gasteiger partial charge < -0.3 is 11.1 Å². The lowest BCUT2D eigenvalue weighted by molar-refractivity contribution is -0.118. The van der Waals surface area contributed by atoms with Gasteiger partial charge in [-0.1, -0.05) is 20.3 Å². The molecule has 0 aromatic carbocycles. The van der Waals surface area contributed by atoms with E-state index in [1.165, 1.54) is 0 Å². The van der Waals surface area contributed by atoms with Gasteiger partial charge in [0, 0.05) is 6.20 Å². The fraction of sp³-hybridized carbons (Fsp3) is 0.500. The summed E-state index contributed by atoms with van der Waals surface area (Å²) in [5.74, 6) is 0.0300. The summed E-state index contributed by atoms with van der Waals surface area (Å²) in [6, 6.07) is 3.14. The topological polar surface area (TPSA) is 68.0 Å². The quantitative estimate of drug-likeness (QED) is 0.813. The highest BCUT2D eigenvalue weighted by Crippen LogP contribution is 2.12. The van der Waals surface area contributed by atoms with Crippen molar-refractivity contribution in [1.82, 2.24) is 4.98 Å². The molecule has 0 aliphatic heterocycles. The second-order valence-corrected chi connectivity index (χ2v) is 4.04. The lowest BCUT2D eigenvalue weighted by Crippen LogP contribution is -2.40. The third-order valence-electron chi connectivity index (χ3n) is 2.82. The van der Waals surface area contributed by atoms with Gasteiger partial charge in [-0.3, -0.25) is 9.78 Å². The van der Waals surface area contributed by atoms with Gasteiger partial charge in [0.1, 0.15) is 0 Å². The van der Waals surface area contributed by atoms with Crippen LogP contribution < -0.4 is 11.1 Å². The second-order valence-electron chi connectivity index (χ2n) is 4.04. The molecule has 16 heavy (non-hydrogen) atoms. The summed E-state index contributed by atoms with van der Waals surface area (Å²) in [7, 11) is 0. The van der Waals surface area contributed by atoms with Gasteiger partial charge in [0.25, 0.3) is 0 Å². The van der Waals surface area contributed by atoms with Crippen molar-refractivity contribution in [3.8, 4) is 0 Å². The van der Waals surface area contributed by atoms with Gasteiger partial charge in [0.05, 0.1) is 17.4 Å². The van der Waals surface area contributed by atoms with Gasteiger partial charge in [0.2, 0.25) is 5.91 Å². The highest BCUT2D eigenvalue weighted by Gasteiger charge is 2.19. The van der Waals surface area contributed by atoms with E-state index in [4.69, 9.17) is 5.73 Å². The molecule has 3 N–H and O–H groups in total. The minimum atomic E-state index is -0.468. The summed E-state index contributed by atoms with van der Waals surface area (Å²) in [6.07, 6.45) is 2.58. The molecule has 1 amide bonds. The smallest absolute Gasteiger partial charge is 0.241 e. The number of rotatable bonds is 4. The van der Waals surface area contributed by atoms with Crippen molar-refractivity contribution >= 4 is 11.6 Å². The highest BCUT2D eigenvalue weighted by molar-refractivity contribution is 5.95. The van der Waals surface area contributed by atoms with Crippen LogP contribution in [0.1, 0.15) is 26.0 Å². The summed E-state index contributed by atoms with van der Waals surface area (Å²) in [5, 5.41) is 2.80. The average molecular weight is 221 g/mol. The molecule has 0 spiro atoms. The average Bonchev–Trinajstić information content (AvgIpc) is 2.30.